The molecule has 2 rings (SSSR count). The smallest absolute Gasteiger partial charge is 0.313 e. The summed E-state index contributed by atoms with van der Waals surface area (Å²) in [5.41, 5.74) is 2.08. The lowest BCUT2D eigenvalue weighted by molar-refractivity contribution is -0.199. The number of benzene rings is 1. The van der Waals surface area contributed by atoms with E-state index in [1.165, 1.54) is 0 Å². The SMILES string of the molecule is CNC(c1ccc(C)cc1)C1CCCCC1C(F)(F)F. The molecule has 0 bridgehead atoms. The molecule has 0 amide bonds. The first-order valence-corrected chi connectivity index (χ1v) is 7.24. The summed E-state index contributed by atoms with van der Waals surface area (Å²) in [6.07, 6.45) is -1.61. The fraction of sp³-hybridized carbons (Fsp3) is 0.625. The zero-order valence-electron chi connectivity index (χ0n) is 12.0. The molecule has 0 heterocycles. The van der Waals surface area contributed by atoms with Gasteiger partial charge < -0.3 is 5.32 Å². The Balaban J connectivity index is 2.26. The van der Waals surface area contributed by atoms with Crippen molar-refractivity contribution in [3.8, 4) is 0 Å². The number of halogens is 3. The standard InChI is InChI=1S/C16H22F3N/c1-11-7-9-12(10-8-11)15(20-2)13-5-3-4-6-14(13)16(17,18)19/h7-10,13-15,20H,3-6H2,1-2H3. The minimum absolute atomic E-state index is 0.220. The molecule has 1 aliphatic rings. The van der Waals surface area contributed by atoms with Gasteiger partial charge in [-0.25, -0.2) is 0 Å². The van der Waals surface area contributed by atoms with Gasteiger partial charge in [-0.2, -0.15) is 13.2 Å². The van der Waals surface area contributed by atoms with Crippen LogP contribution in [0.15, 0.2) is 24.3 Å². The fourth-order valence-electron chi connectivity index (χ4n) is 3.37. The van der Waals surface area contributed by atoms with Crippen LogP contribution in [0, 0.1) is 18.8 Å². The quantitative estimate of drug-likeness (QED) is 0.854. The van der Waals surface area contributed by atoms with Crippen LogP contribution in [0.4, 0.5) is 13.2 Å². The van der Waals surface area contributed by atoms with E-state index < -0.39 is 12.1 Å². The number of hydrogen-bond acceptors (Lipinski definition) is 1. The highest BCUT2D eigenvalue weighted by molar-refractivity contribution is 5.25. The average molecular weight is 285 g/mol. The summed E-state index contributed by atoms with van der Waals surface area (Å²) in [5.74, 6) is -1.55. The Morgan fingerprint density at radius 3 is 2.25 bits per heavy atom. The van der Waals surface area contributed by atoms with Gasteiger partial charge in [-0.1, -0.05) is 42.7 Å². The van der Waals surface area contributed by atoms with Crippen LogP contribution < -0.4 is 5.32 Å². The topological polar surface area (TPSA) is 12.0 Å². The predicted molar refractivity (Wildman–Crippen MR) is 74.5 cm³/mol. The third-order valence-electron chi connectivity index (χ3n) is 4.42. The van der Waals surface area contributed by atoms with Crippen LogP contribution in [0.2, 0.25) is 0 Å². The number of alkyl halides is 3. The first-order valence-electron chi connectivity index (χ1n) is 7.24. The summed E-state index contributed by atoms with van der Waals surface area (Å²) in [6.45, 7) is 1.98. The zero-order chi connectivity index (χ0) is 14.8. The van der Waals surface area contributed by atoms with E-state index in [1.54, 1.807) is 7.05 Å². The predicted octanol–water partition coefficient (Wildman–Crippen LogP) is 4.62. The van der Waals surface area contributed by atoms with Crippen molar-refractivity contribution in [3.63, 3.8) is 0 Å². The van der Waals surface area contributed by atoms with Crippen molar-refractivity contribution in [2.75, 3.05) is 7.05 Å². The van der Waals surface area contributed by atoms with Gasteiger partial charge in [0.25, 0.3) is 0 Å². The minimum Gasteiger partial charge on any atom is -0.313 e. The van der Waals surface area contributed by atoms with Crippen molar-refractivity contribution in [3.05, 3.63) is 35.4 Å². The number of aryl methyl sites for hydroxylation is 1. The maximum absolute atomic E-state index is 13.2. The summed E-state index contributed by atoms with van der Waals surface area (Å²) >= 11 is 0. The molecule has 0 aromatic heterocycles. The van der Waals surface area contributed by atoms with Crippen LogP contribution in [0.3, 0.4) is 0 Å². The van der Waals surface area contributed by atoms with E-state index >= 15 is 0 Å². The summed E-state index contributed by atoms with van der Waals surface area (Å²) < 4.78 is 39.7. The van der Waals surface area contributed by atoms with E-state index in [0.717, 1.165) is 17.5 Å². The Labute approximate surface area is 118 Å². The maximum atomic E-state index is 13.2. The van der Waals surface area contributed by atoms with Crippen molar-refractivity contribution >= 4 is 0 Å². The van der Waals surface area contributed by atoms with Gasteiger partial charge in [0.2, 0.25) is 0 Å². The highest BCUT2D eigenvalue weighted by Gasteiger charge is 2.47. The molecule has 20 heavy (non-hydrogen) atoms. The van der Waals surface area contributed by atoms with E-state index in [9.17, 15) is 13.2 Å². The van der Waals surface area contributed by atoms with Gasteiger partial charge >= 0.3 is 6.18 Å². The molecule has 4 heteroatoms. The molecule has 112 valence electrons. The molecule has 1 nitrogen and oxygen atoms in total. The van der Waals surface area contributed by atoms with Crippen LogP contribution in [0.5, 0.6) is 0 Å². The van der Waals surface area contributed by atoms with Crippen molar-refractivity contribution in [2.24, 2.45) is 11.8 Å². The van der Waals surface area contributed by atoms with Crippen molar-refractivity contribution < 1.29 is 13.2 Å². The highest BCUT2D eigenvalue weighted by atomic mass is 19.4. The molecule has 1 saturated carbocycles. The van der Waals surface area contributed by atoms with E-state index in [0.29, 0.717) is 12.8 Å². The second-order valence-corrected chi connectivity index (χ2v) is 5.77. The van der Waals surface area contributed by atoms with E-state index in [2.05, 4.69) is 5.32 Å². The second-order valence-electron chi connectivity index (χ2n) is 5.77. The molecule has 1 fully saturated rings. The Morgan fingerprint density at radius 1 is 1.10 bits per heavy atom. The van der Waals surface area contributed by atoms with Gasteiger partial charge in [0.15, 0.2) is 0 Å². The van der Waals surface area contributed by atoms with Crippen LogP contribution in [0.1, 0.15) is 42.9 Å². The first-order chi connectivity index (χ1) is 9.43. The molecule has 1 aliphatic carbocycles. The molecule has 1 aromatic carbocycles. The van der Waals surface area contributed by atoms with E-state index in [1.807, 2.05) is 31.2 Å². The third-order valence-corrected chi connectivity index (χ3v) is 4.42. The van der Waals surface area contributed by atoms with Crippen molar-refractivity contribution in [2.45, 2.75) is 44.8 Å². The Morgan fingerprint density at radius 2 is 1.70 bits per heavy atom. The molecule has 3 unspecified atom stereocenters. The largest absolute Gasteiger partial charge is 0.392 e. The van der Waals surface area contributed by atoms with Gasteiger partial charge in [-0.3, -0.25) is 0 Å². The van der Waals surface area contributed by atoms with Gasteiger partial charge in [-0.05, 0) is 38.3 Å². The molecule has 3 atom stereocenters. The van der Waals surface area contributed by atoms with Crippen LogP contribution in [-0.4, -0.2) is 13.2 Å². The molecular weight excluding hydrogens is 263 g/mol. The van der Waals surface area contributed by atoms with Crippen LogP contribution >= 0.6 is 0 Å². The van der Waals surface area contributed by atoms with Gasteiger partial charge in [0.05, 0.1) is 5.92 Å². The minimum atomic E-state index is -4.09. The van der Waals surface area contributed by atoms with Crippen molar-refractivity contribution in [1.29, 1.82) is 0 Å². The van der Waals surface area contributed by atoms with Gasteiger partial charge in [-0.15, -0.1) is 0 Å². The highest BCUT2D eigenvalue weighted by Crippen LogP contribution is 2.46. The second kappa shape index (κ2) is 6.17. The average Bonchev–Trinajstić information content (AvgIpc) is 2.41. The normalized spacial score (nSPS) is 25.4. The summed E-state index contributed by atoms with van der Waals surface area (Å²) in [7, 11) is 1.76. The monoisotopic (exact) mass is 285 g/mol. The summed E-state index contributed by atoms with van der Waals surface area (Å²) in [4.78, 5) is 0. The molecular formula is C16H22F3N. The van der Waals surface area contributed by atoms with E-state index in [4.69, 9.17) is 0 Å². The number of hydrogen-bond donors (Lipinski definition) is 1. The number of nitrogens with one attached hydrogen (secondary N) is 1. The first kappa shape index (κ1) is 15.4. The van der Waals surface area contributed by atoms with Crippen molar-refractivity contribution in [1.82, 2.24) is 5.32 Å². The van der Waals surface area contributed by atoms with Crippen LogP contribution in [0.25, 0.3) is 0 Å². The summed E-state index contributed by atoms with van der Waals surface area (Å²) in [6, 6.07) is 7.59. The Bertz CT molecular complexity index is 424. The fourth-order valence-corrected chi connectivity index (χ4v) is 3.37. The lowest BCUT2D eigenvalue weighted by atomic mass is 9.73. The van der Waals surface area contributed by atoms with Gasteiger partial charge in [0, 0.05) is 6.04 Å². The van der Waals surface area contributed by atoms with Crippen LogP contribution in [-0.2, 0) is 0 Å². The lowest BCUT2D eigenvalue weighted by Gasteiger charge is -2.38. The van der Waals surface area contributed by atoms with Gasteiger partial charge in [0.1, 0.15) is 0 Å². The van der Waals surface area contributed by atoms with E-state index in [-0.39, 0.29) is 18.4 Å². The summed E-state index contributed by atoms with van der Waals surface area (Å²) in [5, 5.41) is 3.11. The zero-order valence-corrected chi connectivity index (χ0v) is 12.0. The number of rotatable bonds is 3. The third kappa shape index (κ3) is 3.35. The molecule has 0 spiro atoms. The Hall–Kier alpha value is -1.03. The maximum Gasteiger partial charge on any atom is 0.392 e. The molecule has 1 N–H and O–H groups in total. The molecule has 0 saturated heterocycles. The Kier molecular flexibility index (Phi) is 4.74. The molecule has 0 radical (unpaired) electrons. The lowest BCUT2D eigenvalue weighted by Crippen LogP contribution is -2.39. The molecule has 1 aromatic rings. The molecule has 0 aliphatic heterocycles.